The fraction of sp³-hybridized carbons (Fsp3) is 0.875. The van der Waals surface area contributed by atoms with E-state index in [0.717, 1.165) is 26.2 Å². The molecule has 1 heterocycles. The maximum atomic E-state index is 11.1. The van der Waals surface area contributed by atoms with Gasteiger partial charge in [0.25, 0.3) is 5.91 Å². The minimum Gasteiger partial charge on any atom is -0.304 e. The summed E-state index contributed by atoms with van der Waals surface area (Å²) in [4.78, 5) is 20.0. The first-order chi connectivity index (χ1) is 6.22. The topological polar surface area (TPSA) is 44.8 Å². The SMILES string of the molecule is CONC(=O)CN1CCN(C)CC1. The van der Waals surface area contributed by atoms with Gasteiger partial charge in [0.1, 0.15) is 0 Å². The van der Waals surface area contributed by atoms with Crippen LogP contribution in [0.4, 0.5) is 0 Å². The minimum atomic E-state index is -0.0768. The second kappa shape index (κ2) is 5.16. The third kappa shape index (κ3) is 3.71. The zero-order chi connectivity index (χ0) is 9.68. The van der Waals surface area contributed by atoms with Crippen LogP contribution in [0.15, 0.2) is 0 Å². The normalized spacial score (nSPS) is 20.2. The molecule has 1 aliphatic heterocycles. The van der Waals surface area contributed by atoms with Crippen molar-refractivity contribution in [3.05, 3.63) is 0 Å². The summed E-state index contributed by atoms with van der Waals surface area (Å²) >= 11 is 0. The van der Waals surface area contributed by atoms with Crippen molar-refractivity contribution in [2.75, 3.05) is 46.9 Å². The molecule has 0 spiro atoms. The smallest absolute Gasteiger partial charge is 0.257 e. The second-order valence-corrected chi connectivity index (χ2v) is 3.31. The van der Waals surface area contributed by atoms with Gasteiger partial charge in [0.2, 0.25) is 0 Å². The van der Waals surface area contributed by atoms with Gasteiger partial charge < -0.3 is 4.90 Å². The van der Waals surface area contributed by atoms with E-state index in [-0.39, 0.29) is 5.91 Å². The Morgan fingerprint density at radius 3 is 2.54 bits per heavy atom. The minimum absolute atomic E-state index is 0.0768. The first kappa shape index (κ1) is 10.4. The molecule has 0 saturated carbocycles. The molecule has 13 heavy (non-hydrogen) atoms. The van der Waals surface area contributed by atoms with Crippen molar-refractivity contribution >= 4 is 5.91 Å². The Hall–Kier alpha value is -0.650. The summed E-state index contributed by atoms with van der Waals surface area (Å²) in [5.74, 6) is -0.0768. The van der Waals surface area contributed by atoms with Gasteiger partial charge in [-0.25, -0.2) is 5.48 Å². The molecule has 0 atom stereocenters. The number of hydroxylamine groups is 1. The van der Waals surface area contributed by atoms with Crippen LogP contribution in [0.5, 0.6) is 0 Å². The molecule has 1 N–H and O–H groups in total. The molecule has 0 bridgehead atoms. The Kier molecular flexibility index (Phi) is 4.14. The molecule has 0 unspecified atom stereocenters. The van der Waals surface area contributed by atoms with Gasteiger partial charge >= 0.3 is 0 Å². The molecule has 0 aromatic carbocycles. The standard InChI is InChI=1S/C8H17N3O2/c1-10-3-5-11(6-4-10)7-8(12)9-13-2/h3-7H2,1-2H3,(H,9,12). The predicted molar refractivity (Wildman–Crippen MR) is 49.1 cm³/mol. The van der Waals surface area contributed by atoms with Crippen LogP contribution in [0.1, 0.15) is 0 Å². The maximum absolute atomic E-state index is 11.1. The number of hydrogen-bond donors (Lipinski definition) is 1. The molecule has 1 saturated heterocycles. The lowest BCUT2D eigenvalue weighted by atomic mass is 10.3. The largest absolute Gasteiger partial charge is 0.304 e. The summed E-state index contributed by atoms with van der Waals surface area (Å²) in [6.07, 6.45) is 0. The first-order valence-corrected chi connectivity index (χ1v) is 4.45. The Morgan fingerprint density at radius 2 is 2.00 bits per heavy atom. The van der Waals surface area contributed by atoms with E-state index in [0.29, 0.717) is 6.54 Å². The highest BCUT2D eigenvalue weighted by Gasteiger charge is 2.15. The Morgan fingerprint density at radius 1 is 1.38 bits per heavy atom. The average Bonchev–Trinajstić information content (AvgIpc) is 2.09. The summed E-state index contributed by atoms with van der Waals surface area (Å²) in [7, 11) is 3.54. The molecule has 5 nitrogen and oxygen atoms in total. The number of likely N-dealkylation sites (N-methyl/N-ethyl adjacent to an activating group) is 1. The van der Waals surface area contributed by atoms with Crippen molar-refractivity contribution in [3.8, 4) is 0 Å². The van der Waals surface area contributed by atoms with E-state index in [4.69, 9.17) is 0 Å². The van der Waals surface area contributed by atoms with Gasteiger partial charge in [0, 0.05) is 26.2 Å². The molecule has 5 heteroatoms. The molecular weight excluding hydrogens is 170 g/mol. The third-order valence-corrected chi connectivity index (χ3v) is 2.18. The van der Waals surface area contributed by atoms with Gasteiger partial charge in [-0.2, -0.15) is 0 Å². The lowest BCUT2D eigenvalue weighted by molar-refractivity contribution is -0.132. The van der Waals surface area contributed by atoms with Crippen LogP contribution in [0.3, 0.4) is 0 Å². The van der Waals surface area contributed by atoms with Crippen molar-refractivity contribution < 1.29 is 9.63 Å². The highest BCUT2D eigenvalue weighted by atomic mass is 16.6. The average molecular weight is 187 g/mol. The molecule has 0 aliphatic carbocycles. The van der Waals surface area contributed by atoms with Gasteiger partial charge in [-0.3, -0.25) is 14.5 Å². The van der Waals surface area contributed by atoms with Crippen molar-refractivity contribution in [2.24, 2.45) is 0 Å². The number of rotatable bonds is 3. The highest BCUT2D eigenvalue weighted by Crippen LogP contribution is 1.97. The Labute approximate surface area is 78.6 Å². The molecule has 1 rings (SSSR count). The molecule has 0 aromatic rings. The predicted octanol–water partition coefficient (Wildman–Crippen LogP) is -1.09. The van der Waals surface area contributed by atoms with Gasteiger partial charge in [0.05, 0.1) is 13.7 Å². The summed E-state index contributed by atoms with van der Waals surface area (Å²) in [6.45, 7) is 4.39. The van der Waals surface area contributed by atoms with Gasteiger partial charge in [0.15, 0.2) is 0 Å². The molecule has 76 valence electrons. The van der Waals surface area contributed by atoms with Crippen LogP contribution in [0, 0.1) is 0 Å². The van der Waals surface area contributed by atoms with Crippen molar-refractivity contribution in [1.82, 2.24) is 15.3 Å². The zero-order valence-corrected chi connectivity index (χ0v) is 8.25. The summed E-state index contributed by atoms with van der Waals surface area (Å²) in [6, 6.07) is 0. The molecule has 0 radical (unpaired) electrons. The highest BCUT2D eigenvalue weighted by molar-refractivity contribution is 5.76. The number of carbonyl (C=O) groups excluding carboxylic acids is 1. The summed E-state index contributed by atoms with van der Waals surface area (Å²) in [5, 5.41) is 0. The van der Waals surface area contributed by atoms with Crippen molar-refractivity contribution in [1.29, 1.82) is 0 Å². The number of nitrogens with zero attached hydrogens (tertiary/aromatic N) is 2. The quantitative estimate of drug-likeness (QED) is 0.570. The summed E-state index contributed by atoms with van der Waals surface area (Å²) in [5.41, 5.74) is 2.31. The summed E-state index contributed by atoms with van der Waals surface area (Å²) < 4.78 is 0. The second-order valence-electron chi connectivity index (χ2n) is 3.31. The maximum Gasteiger partial charge on any atom is 0.257 e. The number of amides is 1. The van der Waals surface area contributed by atoms with E-state index in [1.807, 2.05) is 0 Å². The van der Waals surface area contributed by atoms with E-state index >= 15 is 0 Å². The van der Waals surface area contributed by atoms with E-state index in [2.05, 4.69) is 27.2 Å². The number of hydrogen-bond acceptors (Lipinski definition) is 4. The van der Waals surface area contributed by atoms with Crippen LogP contribution in [-0.4, -0.2) is 62.6 Å². The monoisotopic (exact) mass is 187 g/mol. The molecule has 0 aromatic heterocycles. The Bertz CT molecular complexity index is 167. The zero-order valence-electron chi connectivity index (χ0n) is 8.25. The van der Waals surface area contributed by atoms with Crippen LogP contribution in [0.25, 0.3) is 0 Å². The number of nitrogens with one attached hydrogen (secondary N) is 1. The van der Waals surface area contributed by atoms with Gasteiger partial charge in [-0.1, -0.05) is 0 Å². The first-order valence-electron chi connectivity index (χ1n) is 4.45. The van der Waals surface area contributed by atoms with Crippen LogP contribution >= 0.6 is 0 Å². The number of carbonyl (C=O) groups is 1. The van der Waals surface area contributed by atoms with E-state index in [9.17, 15) is 4.79 Å². The molecular formula is C8H17N3O2. The van der Waals surface area contributed by atoms with E-state index in [1.54, 1.807) is 0 Å². The van der Waals surface area contributed by atoms with Gasteiger partial charge in [-0.05, 0) is 7.05 Å². The van der Waals surface area contributed by atoms with Crippen molar-refractivity contribution in [2.45, 2.75) is 0 Å². The van der Waals surface area contributed by atoms with Crippen LogP contribution in [-0.2, 0) is 9.63 Å². The van der Waals surface area contributed by atoms with E-state index < -0.39 is 0 Å². The fourth-order valence-corrected chi connectivity index (χ4v) is 1.36. The Balaban J connectivity index is 2.18. The fourth-order valence-electron chi connectivity index (χ4n) is 1.36. The van der Waals surface area contributed by atoms with Crippen LogP contribution in [0.2, 0.25) is 0 Å². The van der Waals surface area contributed by atoms with Gasteiger partial charge in [-0.15, -0.1) is 0 Å². The third-order valence-electron chi connectivity index (χ3n) is 2.18. The number of piperazine rings is 1. The van der Waals surface area contributed by atoms with Crippen molar-refractivity contribution in [3.63, 3.8) is 0 Å². The molecule has 1 amide bonds. The van der Waals surface area contributed by atoms with Crippen LogP contribution < -0.4 is 5.48 Å². The molecule has 1 aliphatic rings. The lowest BCUT2D eigenvalue weighted by Gasteiger charge is -2.31. The molecule has 1 fully saturated rings. The van der Waals surface area contributed by atoms with E-state index in [1.165, 1.54) is 7.11 Å². The lowest BCUT2D eigenvalue weighted by Crippen LogP contribution is -2.48.